The summed E-state index contributed by atoms with van der Waals surface area (Å²) in [5.74, 6) is -0.337. The molecule has 1 aliphatic rings. The Labute approximate surface area is 122 Å². The van der Waals surface area contributed by atoms with Gasteiger partial charge < -0.3 is 20.7 Å². The minimum Gasteiger partial charge on any atom is -0.358 e. The maximum absolute atomic E-state index is 12.1. The van der Waals surface area contributed by atoms with Crippen LogP contribution in [-0.2, 0) is 11.3 Å². The molecule has 2 N–H and O–H groups in total. The highest BCUT2D eigenvalue weighted by molar-refractivity contribution is 5.85. The van der Waals surface area contributed by atoms with E-state index < -0.39 is 4.92 Å². The van der Waals surface area contributed by atoms with Crippen LogP contribution in [0.2, 0.25) is 0 Å². The zero-order valence-electron chi connectivity index (χ0n) is 11.2. The van der Waals surface area contributed by atoms with E-state index in [1.807, 2.05) is 0 Å². The summed E-state index contributed by atoms with van der Waals surface area (Å²) in [6, 6.07) is 1.28. The summed E-state index contributed by atoms with van der Waals surface area (Å²) < 4.78 is 1.29. The zero-order chi connectivity index (χ0) is 14.0. The third kappa shape index (κ3) is 3.45. The number of nitrogens with two attached hydrogens (primary N) is 1. The molecule has 9 heteroatoms. The van der Waals surface area contributed by atoms with Gasteiger partial charge in [0.1, 0.15) is 6.54 Å². The van der Waals surface area contributed by atoms with E-state index in [1.54, 1.807) is 4.90 Å². The lowest BCUT2D eigenvalue weighted by Crippen LogP contribution is -2.36. The number of hydrogen-bond donors (Lipinski definition) is 1. The van der Waals surface area contributed by atoms with Crippen molar-refractivity contribution in [2.24, 2.45) is 11.1 Å². The number of likely N-dealkylation sites (tertiary alicyclic amines) is 1. The van der Waals surface area contributed by atoms with Crippen molar-refractivity contribution in [1.82, 2.24) is 14.7 Å². The van der Waals surface area contributed by atoms with Crippen molar-refractivity contribution in [3.8, 4) is 0 Å². The number of rotatable bonds is 4. The number of aromatic nitrogens is 2. The van der Waals surface area contributed by atoms with Crippen molar-refractivity contribution < 1.29 is 9.72 Å². The Morgan fingerprint density at radius 2 is 2.35 bits per heavy atom. The first kappa shape index (κ1) is 16.4. The van der Waals surface area contributed by atoms with E-state index in [-0.39, 0.29) is 36.1 Å². The zero-order valence-corrected chi connectivity index (χ0v) is 12.0. The van der Waals surface area contributed by atoms with Gasteiger partial charge in [0.15, 0.2) is 0 Å². The van der Waals surface area contributed by atoms with Crippen LogP contribution in [0.25, 0.3) is 0 Å². The third-order valence-electron chi connectivity index (χ3n) is 3.51. The molecule has 0 aromatic carbocycles. The van der Waals surface area contributed by atoms with E-state index in [4.69, 9.17) is 5.73 Å². The second-order valence-electron chi connectivity index (χ2n) is 5.21. The number of carbonyl (C=O) groups excluding carboxylic acids is 1. The molecule has 0 saturated carbocycles. The number of amides is 1. The van der Waals surface area contributed by atoms with Crippen LogP contribution in [0.1, 0.15) is 13.3 Å². The first-order valence-electron chi connectivity index (χ1n) is 6.09. The Bertz CT molecular complexity index is 506. The normalized spacial score (nSPS) is 21.6. The van der Waals surface area contributed by atoms with Gasteiger partial charge >= 0.3 is 5.82 Å². The molecule has 1 aromatic heterocycles. The molecule has 1 saturated heterocycles. The average Bonchev–Trinajstić information content (AvgIpc) is 2.97. The third-order valence-corrected chi connectivity index (χ3v) is 3.51. The van der Waals surface area contributed by atoms with Crippen molar-refractivity contribution in [3.63, 3.8) is 0 Å². The van der Waals surface area contributed by atoms with Crippen LogP contribution in [0.15, 0.2) is 12.3 Å². The van der Waals surface area contributed by atoms with Gasteiger partial charge in [-0.25, -0.2) is 0 Å². The molecule has 1 unspecified atom stereocenters. The largest absolute Gasteiger partial charge is 0.389 e. The van der Waals surface area contributed by atoms with E-state index in [1.165, 1.54) is 16.9 Å². The molecule has 0 bridgehead atoms. The molecule has 1 aromatic rings. The first-order valence-corrected chi connectivity index (χ1v) is 6.09. The smallest absolute Gasteiger partial charge is 0.358 e. The highest BCUT2D eigenvalue weighted by atomic mass is 35.5. The first-order chi connectivity index (χ1) is 8.93. The van der Waals surface area contributed by atoms with Gasteiger partial charge in [0.05, 0.1) is 17.4 Å². The molecule has 2 rings (SSSR count). The molecule has 0 radical (unpaired) electrons. The quantitative estimate of drug-likeness (QED) is 0.640. The molecule has 1 amide bonds. The molecule has 0 spiro atoms. The van der Waals surface area contributed by atoms with Crippen LogP contribution < -0.4 is 5.73 Å². The van der Waals surface area contributed by atoms with Gasteiger partial charge in [-0.1, -0.05) is 6.92 Å². The summed E-state index contributed by atoms with van der Waals surface area (Å²) in [4.78, 5) is 23.7. The Kier molecular flexibility index (Phi) is 5.07. The summed E-state index contributed by atoms with van der Waals surface area (Å²) in [6.45, 7) is 3.93. The van der Waals surface area contributed by atoms with Gasteiger partial charge in [0.25, 0.3) is 0 Å². The standard InChI is InChI=1S/C11H17N5O3.ClH/c1-11(7-12)3-5-14(8-11)10(17)6-15-4-2-9(13-15)16(18)19;/h2,4H,3,5-8,12H2,1H3;1H. The summed E-state index contributed by atoms with van der Waals surface area (Å²) >= 11 is 0. The molecule has 1 aliphatic heterocycles. The van der Waals surface area contributed by atoms with Gasteiger partial charge in [-0.15, -0.1) is 12.4 Å². The van der Waals surface area contributed by atoms with Crippen molar-refractivity contribution in [3.05, 3.63) is 22.4 Å². The summed E-state index contributed by atoms with van der Waals surface area (Å²) in [6.07, 6.45) is 2.32. The molecule has 1 atom stereocenters. The fourth-order valence-electron chi connectivity index (χ4n) is 2.18. The summed E-state index contributed by atoms with van der Waals surface area (Å²) in [5, 5.41) is 14.2. The van der Waals surface area contributed by atoms with Crippen molar-refractivity contribution in [2.45, 2.75) is 19.9 Å². The lowest BCUT2D eigenvalue weighted by atomic mass is 9.90. The maximum Gasteiger partial charge on any atom is 0.389 e. The molecular formula is C11H18ClN5O3. The van der Waals surface area contributed by atoms with Crippen LogP contribution >= 0.6 is 12.4 Å². The number of carbonyl (C=O) groups is 1. The van der Waals surface area contributed by atoms with Gasteiger partial charge in [-0.3, -0.25) is 4.79 Å². The fraction of sp³-hybridized carbons (Fsp3) is 0.636. The average molecular weight is 304 g/mol. The van der Waals surface area contributed by atoms with Gasteiger partial charge in [-0.2, -0.15) is 4.68 Å². The molecule has 112 valence electrons. The molecule has 0 aliphatic carbocycles. The minimum atomic E-state index is -0.581. The Balaban J connectivity index is 0.00000200. The second kappa shape index (κ2) is 6.19. The number of nitro groups is 1. The maximum atomic E-state index is 12.1. The number of hydrogen-bond acceptors (Lipinski definition) is 5. The van der Waals surface area contributed by atoms with E-state index in [0.29, 0.717) is 19.6 Å². The molecule has 8 nitrogen and oxygen atoms in total. The summed E-state index contributed by atoms with van der Waals surface area (Å²) in [7, 11) is 0. The Morgan fingerprint density at radius 1 is 1.65 bits per heavy atom. The van der Waals surface area contributed by atoms with Crippen molar-refractivity contribution >= 4 is 24.1 Å². The van der Waals surface area contributed by atoms with Gasteiger partial charge in [0, 0.05) is 13.1 Å². The monoisotopic (exact) mass is 303 g/mol. The SMILES string of the molecule is CC1(CN)CCN(C(=O)Cn2ccc([N+](=O)[O-])n2)C1.Cl. The highest BCUT2D eigenvalue weighted by Crippen LogP contribution is 2.28. The lowest BCUT2D eigenvalue weighted by molar-refractivity contribution is -0.389. The molecule has 1 fully saturated rings. The van der Waals surface area contributed by atoms with E-state index in [0.717, 1.165) is 6.42 Å². The predicted molar refractivity (Wildman–Crippen MR) is 74.5 cm³/mol. The van der Waals surface area contributed by atoms with Gasteiger partial charge in [0.2, 0.25) is 5.91 Å². The van der Waals surface area contributed by atoms with Crippen LogP contribution in [0.3, 0.4) is 0 Å². The fourth-order valence-corrected chi connectivity index (χ4v) is 2.18. The minimum absolute atomic E-state index is 0. The van der Waals surface area contributed by atoms with Crippen LogP contribution in [0.5, 0.6) is 0 Å². The van der Waals surface area contributed by atoms with Crippen LogP contribution in [-0.4, -0.2) is 45.1 Å². The molecule has 2 heterocycles. The van der Waals surface area contributed by atoms with Crippen LogP contribution in [0.4, 0.5) is 5.82 Å². The van der Waals surface area contributed by atoms with E-state index >= 15 is 0 Å². The van der Waals surface area contributed by atoms with Crippen LogP contribution in [0, 0.1) is 15.5 Å². The summed E-state index contributed by atoms with van der Waals surface area (Å²) in [5.41, 5.74) is 5.67. The lowest BCUT2D eigenvalue weighted by Gasteiger charge is -2.22. The topological polar surface area (TPSA) is 107 Å². The molecular weight excluding hydrogens is 286 g/mol. The second-order valence-corrected chi connectivity index (χ2v) is 5.21. The highest BCUT2D eigenvalue weighted by Gasteiger charge is 2.35. The number of nitrogens with zero attached hydrogens (tertiary/aromatic N) is 4. The van der Waals surface area contributed by atoms with Gasteiger partial charge in [-0.05, 0) is 23.3 Å². The molecule has 20 heavy (non-hydrogen) atoms. The number of halogens is 1. The van der Waals surface area contributed by atoms with Crippen molar-refractivity contribution in [1.29, 1.82) is 0 Å². The van der Waals surface area contributed by atoms with E-state index in [9.17, 15) is 14.9 Å². The van der Waals surface area contributed by atoms with E-state index in [2.05, 4.69) is 12.0 Å². The van der Waals surface area contributed by atoms with Crippen molar-refractivity contribution in [2.75, 3.05) is 19.6 Å². The predicted octanol–water partition coefficient (Wildman–Crippen LogP) is 0.410. The Morgan fingerprint density at radius 3 is 2.85 bits per heavy atom. The Hall–Kier alpha value is -1.67.